The fraction of sp³-hybridized carbons (Fsp3) is 0.261. The second-order valence-corrected chi connectivity index (χ2v) is 8.11. The van der Waals surface area contributed by atoms with Crippen LogP contribution in [0.2, 0.25) is 10.0 Å². The molecule has 5 nitrogen and oxygen atoms in total. The molecule has 1 aliphatic rings. The molecule has 1 fully saturated rings. The lowest BCUT2D eigenvalue weighted by Gasteiger charge is -2.38. The van der Waals surface area contributed by atoms with E-state index in [0.717, 1.165) is 40.9 Å². The summed E-state index contributed by atoms with van der Waals surface area (Å²) in [6.07, 6.45) is 3.94. The Hall–Kier alpha value is -2.81. The van der Waals surface area contributed by atoms with Crippen molar-refractivity contribution in [2.45, 2.75) is 19.9 Å². The Labute approximate surface area is 186 Å². The van der Waals surface area contributed by atoms with Gasteiger partial charge in [-0.25, -0.2) is 9.97 Å². The fourth-order valence-electron chi connectivity index (χ4n) is 3.81. The number of hydrogen-bond acceptors (Lipinski definition) is 5. The summed E-state index contributed by atoms with van der Waals surface area (Å²) in [5.41, 5.74) is 2.68. The van der Waals surface area contributed by atoms with E-state index in [-0.39, 0.29) is 6.04 Å². The van der Waals surface area contributed by atoms with Crippen molar-refractivity contribution >= 4 is 39.9 Å². The second-order valence-electron chi connectivity index (χ2n) is 7.26. The molecular weight excluding hydrogens is 417 g/mol. The number of aromatic nitrogens is 2. The molecule has 4 rings (SSSR count). The van der Waals surface area contributed by atoms with Gasteiger partial charge in [-0.3, -0.25) is 0 Å². The van der Waals surface area contributed by atoms with Crippen LogP contribution >= 0.6 is 23.2 Å². The van der Waals surface area contributed by atoms with Crippen molar-refractivity contribution in [3.8, 4) is 17.2 Å². The molecule has 1 aromatic heterocycles. The lowest BCUT2D eigenvalue weighted by Crippen LogP contribution is -2.50. The van der Waals surface area contributed by atoms with Crippen molar-refractivity contribution in [2.24, 2.45) is 0 Å². The van der Waals surface area contributed by atoms with Gasteiger partial charge in [-0.2, -0.15) is 5.26 Å². The molecule has 0 N–H and O–H groups in total. The third-order valence-corrected chi connectivity index (χ3v) is 5.81. The third kappa shape index (κ3) is 3.94. The van der Waals surface area contributed by atoms with Gasteiger partial charge < -0.3 is 9.80 Å². The Bertz CT molecular complexity index is 1150. The van der Waals surface area contributed by atoms with Crippen molar-refractivity contribution in [2.75, 3.05) is 24.5 Å². The number of aryl methyl sites for hydroxylation is 1. The SMILES string of the molecule is CC=CN1CCN(c2nc(C)nc3cc(Cl)c(-c4ccc(Cl)cc4)cc23)CC1C#N. The van der Waals surface area contributed by atoms with Crippen molar-refractivity contribution in [1.29, 1.82) is 5.26 Å². The number of nitriles is 1. The summed E-state index contributed by atoms with van der Waals surface area (Å²) in [5.74, 6) is 1.52. The fourth-order valence-corrected chi connectivity index (χ4v) is 4.21. The number of hydrogen-bond donors (Lipinski definition) is 0. The highest BCUT2D eigenvalue weighted by Gasteiger charge is 2.27. The average molecular weight is 438 g/mol. The topological polar surface area (TPSA) is 56.1 Å². The highest BCUT2D eigenvalue weighted by Crippen LogP contribution is 2.36. The summed E-state index contributed by atoms with van der Waals surface area (Å²) < 4.78 is 0. The molecule has 1 saturated heterocycles. The number of fused-ring (bicyclic) bond motifs is 1. The Morgan fingerprint density at radius 1 is 1.13 bits per heavy atom. The van der Waals surface area contributed by atoms with Crippen molar-refractivity contribution in [3.05, 3.63) is 64.5 Å². The standard InChI is InChI=1S/C23H21Cl2N5/c1-3-8-29-9-10-30(14-18(29)13-26)23-20-11-19(16-4-6-17(24)7-5-16)21(25)12-22(20)27-15(2)28-23/h3-8,11-12,18H,9-10,14H2,1-2H3. The van der Waals surface area contributed by atoms with Gasteiger partial charge in [-0.15, -0.1) is 0 Å². The van der Waals surface area contributed by atoms with Crippen molar-refractivity contribution in [3.63, 3.8) is 0 Å². The predicted octanol–water partition coefficient (Wildman–Crippen LogP) is 5.46. The minimum atomic E-state index is -0.233. The van der Waals surface area contributed by atoms with E-state index in [1.807, 2.05) is 62.5 Å². The van der Waals surface area contributed by atoms with Gasteiger partial charge >= 0.3 is 0 Å². The lowest BCUT2D eigenvalue weighted by molar-refractivity contribution is 0.294. The molecule has 0 radical (unpaired) electrons. The van der Waals surface area contributed by atoms with E-state index in [1.165, 1.54) is 0 Å². The Morgan fingerprint density at radius 3 is 2.60 bits per heavy atom. The van der Waals surface area contributed by atoms with Crippen LogP contribution in [0.3, 0.4) is 0 Å². The van der Waals surface area contributed by atoms with E-state index in [9.17, 15) is 5.26 Å². The maximum atomic E-state index is 9.66. The summed E-state index contributed by atoms with van der Waals surface area (Å²) in [6.45, 7) is 5.94. The Kier molecular flexibility index (Phi) is 5.80. The number of piperazine rings is 1. The molecule has 30 heavy (non-hydrogen) atoms. The van der Waals surface area contributed by atoms with Gasteiger partial charge in [0.15, 0.2) is 0 Å². The zero-order chi connectivity index (χ0) is 21.3. The van der Waals surface area contributed by atoms with Crippen LogP contribution in [0, 0.1) is 18.3 Å². The van der Waals surface area contributed by atoms with Gasteiger partial charge in [0.1, 0.15) is 17.7 Å². The molecule has 0 saturated carbocycles. The normalized spacial score (nSPS) is 17.0. The molecule has 152 valence electrons. The van der Waals surface area contributed by atoms with E-state index in [2.05, 4.69) is 20.9 Å². The molecule has 0 bridgehead atoms. The molecule has 0 aliphatic carbocycles. The van der Waals surface area contributed by atoms with Gasteiger partial charge in [-0.1, -0.05) is 41.4 Å². The predicted molar refractivity (Wildman–Crippen MR) is 123 cm³/mol. The first-order chi connectivity index (χ1) is 14.5. The molecule has 7 heteroatoms. The van der Waals surface area contributed by atoms with Gasteiger partial charge in [0.25, 0.3) is 0 Å². The van der Waals surface area contributed by atoms with Crippen LogP contribution in [0.1, 0.15) is 12.7 Å². The lowest BCUT2D eigenvalue weighted by atomic mass is 10.0. The molecule has 1 atom stereocenters. The maximum absolute atomic E-state index is 9.66. The zero-order valence-corrected chi connectivity index (χ0v) is 18.3. The summed E-state index contributed by atoms with van der Waals surface area (Å²) in [4.78, 5) is 13.6. The van der Waals surface area contributed by atoms with E-state index >= 15 is 0 Å². The Morgan fingerprint density at radius 2 is 1.90 bits per heavy atom. The molecule has 2 heterocycles. The molecule has 1 unspecified atom stereocenters. The van der Waals surface area contributed by atoms with Gasteiger partial charge in [-0.05, 0) is 49.9 Å². The Balaban J connectivity index is 1.81. The third-order valence-electron chi connectivity index (χ3n) is 5.24. The number of anilines is 1. The molecule has 3 aromatic rings. The van der Waals surface area contributed by atoms with Crippen LogP contribution in [0.5, 0.6) is 0 Å². The number of rotatable bonds is 3. The largest absolute Gasteiger partial charge is 0.359 e. The van der Waals surface area contributed by atoms with E-state index < -0.39 is 0 Å². The maximum Gasteiger partial charge on any atom is 0.140 e. The smallest absolute Gasteiger partial charge is 0.140 e. The highest BCUT2D eigenvalue weighted by molar-refractivity contribution is 6.34. The van der Waals surface area contributed by atoms with Crippen molar-refractivity contribution in [1.82, 2.24) is 14.9 Å². The van der Waals surface area contributed by atoms with Gasteiger partial charge in [0.2, 0.25) is 0 Å². The van der Waals surface area contributed by atoms with Crippen LogP contribution < -0.4 is 4.90 Å². The summed E-state index contributed by atoms with van der Waals surface area (Å²) >= 11 is 12.6. The molecule has 0 spiro atoms. The second kappa shape index (κ2) is 8.51. The van der Waals surface area contributed by atoms with Crippen LogP contribution in [-0.4, -0.2) is 40.5 Å². The summed E-state index contributed by atoms with van der Waals surface area (Å²) in [6, 6.07) is 13.7. The summed E-state index contributed by atoms with van der Waals surface area (Å²) in [7, 11) is 0. The monoisotopic (exact) mass is 437 g/mol. The zero-order valence-electron chi connectivity index (χ0n) is 16.8. The number of halogens is 2. The molecule has 1 aliphatic heterocycles. The van der Waals surface area contributed by atoms with E-state index in [4.69, 9.17) is 28.2 Å². The van der Waals surface area contributed by atoms with E-state index in [0.29, 0.717) is 22.4 Å². The first kappa shape index (κ1) is 20.5. The van der Waals surface area contributed by atoms with Crippen LogP contribution in [0.15, 0.2) is 48.7 Å². The van der Waals surface area contributed by atoms with Crippen molar-refractivity contribution < 1.29 is 0 Å². The van der Waals surface area contributed by atoms with E-state index in [1.54, 1.807) is 0 Å². The van der Waals surface area contributed by atoms with Crippen LogP contribution in [-0.2, 0) is 0 Å². The highest BCUT2D eigenvalue weighted by atomic mass is 35.5. The minimum Gasteiger partial charge on any atom is -0.359 e. The number of benzene rings is 2. The van der Waals surface area contributed by atoms with Crippen LogP contribution in [0.4, 0.5) is 5.82 Å². The first-order valence-corrected chi connectivity index (χ1v) is 10.5. The minimum absolute atomic E-state index is 0.233. The number of nitrogens with zero attached hydrogens (tertiary/aromatic N) is 5. The summed E-state index contributed by atoms with van der Waals surface area (Å²) in [5, 5.41) is 11.9. The molecule has 0 amide bonds. The first-order valence-electron chi connectivity index (χ1n) is 9.77. The van der Waals surface area contributed by atoms with Gasteiger partial charge in [0.05, 0.1) is 23.2 Å². The van der Waals surface area contributed by atoms with Gasteiger partial charge in [0, 0.05) is 29.1 Å². The molecule has 2 aromatic carbocycles. The number of allylic oxidation sites excluding steroid dienone is 1. The molecular formula is C23H21Cl2N5. The van der Waals surface area contributed by atoms with Crippen LogP contribution in [0.25, 0.3) is 22.0 Å². The quantitative estimate of drug-likeness (QED) is 0.544. The average Bonchev–Trinajstić information content (AvgIpc) is 2.74.